The van der Waals surface area contributed by atoms with Crippen LogP contribution in [0.5, 0.6) is 0 Å². The van der Waals surface area contributed by atoms with Crippen LogP contribution in [-0.2, 0) is 7.05 Å². The Bertz CT molecular complexity index is 1010. The molecule has 164 valence electrons. The quantitative estimate of drug-likeness (QED) is 0.362. The molecule has 1 aliphatic heterocycles. The number of aryl methyl sites for hydroxylation is 1. The predicted octanol–water partition coefficient (Wildman–Crippen LogP) is 2.87. The van der Waals surface area contributed by atoms with E-state index in [1.807, 2.05) is 7.05 Å². The van der Waals surface area contributed by atoms with Gasteiger partial charge in [0.2, 0.25) is 0 Å². The average Bonchev–Trinajstić information content (AvgIpc) is 3.18. The molecule has 0 radical (unpaired) electrons. The minimum absolute atomic E-state index is 0.581. The molecule has 0 saturated carbocycles. The molecule has 4 rings (SSSR count). The van der Waals surface area contributed by atoms with E-state index in [2.05, 4.69) is 74.8 Å². The number of aromatic nitrogens is 4. The summed E-state index contributed by atoms with van der Waals surface area (Å²) in [6.45, 7) is 8.73. The van der Waals surface area contributed by atoms with Gasteiger partial charge in [0, 0.05) is 33.2 Å². The van der Waals surface area contributed by atoms with E-state index in [-0.39, 0.29) is 0 Å². The number of hydrogen-bond donors (Lipinski definition) is 2. The van der Waals surface area contributed by atoms with Crippen LogP contribution >= 0.6 is 0 Å². The van der Waals surface area contributed by atoms with Gasteiger partial charge in [-0.2, -0.15) is 5.10 Å². The Balaban J connectivity index is 1.36. The molecule has 1 aliphatic rings. The summed E-state index contributed by atoms with van der Waals surface area (Å²) in [4.78, 5) is 15.9. The number of fused-ring (bicyclic) bond motifs is 1. The van der Waals surface area contributed by atoms with E-state index in [9.17, 15) is 0 Å². The number of nitrogens with one attached hydrogen (secondary N) is 2. The zero-order chi connectivity index (χ0) is 21.6. The number of nitrogens with zero attached hydrogens (tertiary/aromatic N) is 6. The molecule has 0 spiro atoms. The second-order valence-corrected chi connectivity index (χ2v) is 8.12. The molecule has 2 N–H and O–H groups in total. The highest BCUT2D eigenvalue weighted by atomic mass is 15.3. The van der Waals surface area contributed by atoms with Crippen LogP contribution in [0.15, 0.2) is 47.8 Å². The molecule has 2 aromatic heterocycles. The van der Waals surface area contributed by atoms with Crippen LogP contribution in [-0.4, -0.2) is 63.3 Å². The second-order valence-electron chi connectivity index (χ2n) is 8.12. The van der Waals surface area contributed by atoms with Crippen LogP contribution in [0.25, 0.3) is 11.0 Å². The molecule has 31 heavy (non-hydrogen) atoms. The Hall–Kier alpha value is -3.16. The van der Waals surface area contributed by atoms with Gasteiger partial charge in [-0.25, -0.2) is 9.97 Å². The monoisotopic (exact) mass is 420 g/mol. The van der Waals surface area contributed by atoms with E-state index in [0.717, 1.165) is 48.9 Å². The minimum atomic E-state index is 0.581. The number of hydrogen-bond acceptors (Lipinski definition) is 5. The van der Waals surface area contributed by atoms with Gasteiger partial charge in [0.25, 0.3) is 0 Å². The standard InChI is InChI=1S/C23H32N8/c1-4-24-23(31-13-10-19(17(2)15-31)18-8-6-5-7-9-18)26-12-11-25-21-20-14-29-30(3)22(20)28-16-27-21/h5-9,14,16-17,19H,4,10-13,15H2,1-3H3,(H,24,26)(H,25,27,28). The lowest BCUT2D eigenvalue weighted by molar-refractivity contribution is 0.234. The van der Waals surface area contributed by atoms with E-state index in [4.69, 9.17) is 4.99 Å². The Labute approximate surface area is 183 Å². The van der Waals surface area contributed by atoms with Crippen LogP contribution in [0.3, 0.4) is 0 Å². The first kappa shape index (κ1) is 21.1. The van der Waals surface area contributed by atoms with E-state index >= 15 is 0 Å². The SMILES string of the molecule is CCNC(=NCCNc1ncnc2c1cnn2C)N1CCC(c2ccccc2)C(C)C1. The van der Waals surface area contributed by atoms with Gasteiger partial charge >= 0.3 is 0 Å². The van der Waals surface area contributed by atoms with Gasteiger partial charge in [-0.3, -0.25) is 9.67 Å². The summed E-state index contributed by atoms with van der Waals surface area (Å²) in [7, 11) is 1.88. The molecular weight excluding hydrogens is 388 g/mol. The van der Waals surface area contributed by atoms with Crippen molar-refractivity contribution in [1.82, 2.24) is 30.0 Å². The van der Waals surface area contributed by atoms with Crippen LogP contribution in [0, 0.1) is 5.92 Å². The molecule has 3 aromatic rings. The Morgan fingerprint density at radius 2 is 2.06 bits per heavy atom. The van der Waals surface area contributed by atoms with Crippen molar-refractivity contribution in [3.8, 4) is 0 Å². The maximum atomic E-state index is 4.87. The molecule has 1 aromatic carbocycles. The zero-order valence-corrected chi connectivity index (χ0v) is 18.6. The molecule has 0 bridgehead atoms. The summed E-state index contributed by atoms with van der Waals surface area (Å²) in [6, 6.07) is 10.9. The molecule has 1 fully saturated rings. The van der Waals surface area contributed by atoms with Crippen molar-refractivity contribution >= 4 is 22.8 Å². The highest BCUT2D eigenvalue weighted by molar-refractivity contribution is 5.86. The summed E-state index contributed by atoms with van der Waals surface area (Å²) >= 11 is 0. The van der Waals surface area contributed by atoms with Gasteiger partial charge in [-0.15, -0.1) is 0 Å². The average molecular weight is 421 g/mol. The van der Waals surface area contributed by atoms with E-state index in [1.165, 1.54) is 5.56 Å². The van der Waals surface area contributed by atoms with E-state index in [0.29, 0.717) is 24.9 Å². The fraction of sp³-hybridized carbons (Fsp3) is 0.478. The highest BCUT2D eigenvalue weighted by Gasteiger charge is 2.28. The summed E-state index contributed by atoms with van der Waals surface area (Å²) in [5, 5.41) is 12.0. The van der Waals surface area contributed by atoms with Gasteiger partial charge in [-0.1, -0.05) is 37.3 Å². The number of aliphatic imine (C=N–C) groups is 1. The van der Waals surface area contributed by atoms with Crippen molar-refractivity contribution < 1.29 is 0 Å². The van der Waals surface area contributed by atoms with Gasteiger partial charge in [0.15, 0.2) is 11.6 Å². The third-order valence-corrected chi connectivity index (χ3v) is 5.96. The molecular formula is C23H32N8. The van der Waals surface area contributed by atoms with Gasteiger partial charge in [-0.05, 0) is 30.7 Å². The number of rotatable bonds is 6. The number of likely N-dealkylation sites (tertiary alicyclic amines) is 1. The van der Waals surface area contributed by atoms with Crippen molar-refractivity contribution in [3.05, 3.63) is 48.4 Å². The first-order chi connectivity index (χ1) is 15.2. The van der Waals surface area contributed by atoms with Crippen molar-refractivity contribution in [2.75, 3.05) is 38.0 Å². The zero-order valence-electron chi connectivity index (χ0n) is 18.6. The van der Waals surface area contributed by atoms with Crippen LogP contribution in [0.2, 0.25) is 0 Å². The van der Waals surface area contributed by atoms with Crippen molar-refractivity contribution in [2.45, 2.75) is 26.2 Å². The van der Waals surface area contributed by atoms with Crippen molar-refractivity contribution in [2.24, 2.45) is 18.0 Å². The Morgan fingerprint density at radius 3 is 2.84 bits per heavy atom. The fourth-order valence-electron chi connectivity index (χ4n) is 4.40. The number of anilines is 1. The first-order valence-electron chi connectivity index (χ1n) is 11.1. The molecule has 1 saturated heterocycles. The van der Waals surface area contributed by atoms with Crippen LogP contribution in [0.4, 0.5) is 5.82 Å². The van der Waals surface area contributed by atoms with Gasteiger partial charge < -0.3 is 15.5 Å². The van der Waals surface area contributed by atoms with Crippen LogP contribution < -0.4 is 10.6 Å². The molecule has 0 amide bonds. The minimum Gasteiger partial charge on any atom is -0.367 e. The topological polar surface area (TPSA) is 83.3 Å². The number of piperidine rings is 1. The molecule has 8 nitrogen and oxygen atoms in total. The second kappa shape index (κ2) is 9.76. The lowest BCUT2D eigenvalue weighted by Crippen LogP contribution is -2.48. The summed E-state index contributed by atoms with van der Waals surface area (Å²) in [5.74, 6) is 2.99. The molecule has 2 atom stereocenters. The maximum Gasteiger partial charge on any atom is 0.193 e. The van der Waals surface area contributed by atoms with E-state index < -0.39 is 0 Å². The van der Waals surface area contributed by atoms with E-state index in [1.54, 1.807) is 17.2 Å². The van der Waals surface area contributed by atoms with Crippen molar-refractivity contribution in [3.63, 3.8) is 0 Å². The Morgan fingerprint density at radius 1 is 1.23 bits per heavy atom. The third kappa shape index (κ3) is 4.78. The maximum absolute atomic E-state index is 4.87. The molecule has 2 unspecified atom stereocenters. The summed E-state index contributed by atoms with van der Waals surface area (Å²) in [6.07, 6.45) is 4.51. The third-order valence-electron chi connectivity index (χ3n) is 5.96. The molecule has 0 aliphatic carbocycles. The fourth-order valence-corrected chi connectivity index (χ4v) is 4.40. The van der Waals surface area contributed by atoms with Gasteiger partial charge in [0.1, 0.15) is 12.1 Å². The first-order valence-corrected chi connectivity index (χ1v) is 11.1. The highest BCUT2D eigenvalue weighted by Crippen LogP contribution is 2.32. The van der Waals surface area contributed by atoms with Crippen LogP contribution in [0.1, 0.15) is 31.7 Å². The smallest absolute Gasteiger partial charge is 0.193 e. The summed E-state index contributed by atoms with van der Waals surface area (Å²) < 4.78 is 1.75. The molecule has 3 heterocycles. The van der Waals surface area contributed by atoms with Crippen molar-refractivity contribution in [1.29, 1.82) is 0 Å². The number of benzene rings is 1. The van der Waals surface area contributed by atoms with Gasteiger partial charge in [0.05, 0.1) is 18.1 Å². The normalized spacial score (nSPS) is 19.6. The molecule has 8 heteroatoms. The lowest BCUT2D eigenvalue weighted by atomic mass is 9.82. The summed E-state index contributed by atoms with van der Waals surface area (Å²) in [5.41, 5.74) is 2.27. The largest absolute Gasteiger partial charge is 0.367 e. The number of guanidine groups is 1. The predicted molar refractivity (Wildman–Crippen MR) is 125 cm³/mol. The lowest BCUT2D eigenvalue weighted by Gasteiger charge is -2.39. The Kier molecular flexibility index (Phi) is 6.64.